The molecule has 0 radical (unpaired) electrons. The molecule has 0 saturated heterocycles. The van der Waals surface area contributed by atoms with Crippen LogP contribution in [0.2, 0.25) is 0 Å². The van der Waals surface area contributed by atoms with Gasteiger partial charge in [-0.25, -0.2) is 4.57 Å². The van der Waals surface area contributed by atoms with E-state index in [4.69, 9.17) is 42.2 Å². The molecule has 0 aromatic heterocycles. The first-order valence-corrected chi connectivity index (χ1v) is 42.8. The number of halogens is 3. The first-order valence-electron chi connectivity index (χ1n) is 36.4. The number of benzene rings is 13. The average Bonchev–Trinajstić information content (AvgIpc) is 0.807. The number of para-hydroxylation sites is 4. The fourth-order valence-corrected chi connectivity index (χ4v) is 16.4. The Kier molecular flexibility index (Phi) is 42.5. The normalized spacial score (nSPS) is 10.5. The first-order chi connectivity index (χ1) is 54.4. The predicted molar refractivity (Wildman–Crippen MR) is 472 cm³/mol. The van der Waals surface area contributed by atoms with E-state index in [1.54, 1.807) is 91.0 Å². The third-order valence-corrected chi connectivity index (χ3v) is 22.1. The Morgan fingerprint density at radius 1 is 0.330 bits per heavy atom. The topological polar surface area (TPSA) is 183 Å². The van der Waals surface area contributed by atoms with Crippen LogP contribution >= 0.6 is 63.5 Å². The molecule has 0 fully saturated rings. The van der Waals surface area contributed by atoms with Crippen molar-refractivity contribution < 1.29 is 82.9 Å². The van der Waals surface area contributed by atoms with Gasteiger partial charge in [0.1, 0.15) is 57.5 Å². The summed E-state index contributed by atoms with van der Waals surface area (Å²) < 4.78 is 105. The Hall–Kier alpha value is -9.24. The predicted octanol–water partition coefficient (Wildman–Crippen LogP) is 19.2. The van der Waals surface area contributed by atoms with E-state index in [2.05, 4.69) is 70.0 Å². The molecular formula is C93H91Br3MgO14P4+2. The molecule has 0 bridgehead atoms. The van der Waals surface area contributed by atoms with Crippen LogP contribution < -0.4 is 91.0 Å². The van der Waals surface area contributed by atoms with E-state index in [1.165, 1.54) is 11.1 Å². The number of ether oxygens (including phenoxy) is 7. The zero-order chi connectivity index (χ0) is 79.1. The second-order valence-corrected chi connectivity index (χ2v) is 33.2. The summed E-state index contributed by atoms with van der Waals surface area (Å²) in [6.45, 7) is 15.3. The summed E-state index contributed by atoms with van der Waals surface area (Å²) in [7, 11) is -7.17. The monoisotopic (exact) mass is 1820 g/mol. The van der Waals surface area contributed by atoms with E-state index in [1.807, 2.05) is 240 Å². The van der Waals surface area contributed by atoms with Crippen molar-refractivity contribution >= 4 is 118 Å². The quantitative estimate of drug-likeness (QED) is 0.0180. The molecule has 14 nitrogen and oxygen atoms in total. The van der Waals surface area contributed by atoms with Crippen molar-refractivity contribution in [3.63, 3.8) is 0 Å². The number of rotatable bonds is 30. The van der Waals surface area contributed by atoms with Gasteiger partial charge in [0.25, 0.3) is 0 Å². The SMILES string of the molecule is Brc1cccc(OCCCOc2cccc(Br)c2)c1.Cc1c[c-]cc(C)c1.Cc1cc(C)cc([P+](=O)c2cccc(OCCCOc3cccc([P+](=O)c4cc(C)cc(C)c4)c3)c2)c1.O.O=Pc1cccc(OCCCOc2cccc(P(=O)(Oc3ccccc3)Oc3ccccc3)c2)c1.[Br-].[Mg+2].c1ccc(Oc2ccccc2)cc1. The zero-order valence-electron chi connectivity index (χ0n) is 64.9. The summed E-state index contributed by atoms with van der Waals surface area (Å²) in [5, 5.41) is 4.22. The maximum atomic E-state index is 13.9. The molecule has 0 aliphatic rings. The number of aryl methyl sites for hydroxylation is 6. The minimum atomic E-state index is -3.77. The number of hydrogen-bond donors (Lipinski definition) is 0. The van der Waals surface area contributed by atoms with Gasteiger partial charge < -0.3 is 64.7 Å². The van der Waals surface area contributed by atoms with Crippen LogP contribution in [0.15, 0.2) is 330 Å². The molecule has 0 heterocycles. The van der Waals surface area contributed by atoms with Gasteiger partial charge in [0.15, 0.2) is 29.7 Å². The van der Waals surface area contributed by atoms with E-state index < -0.39 is 23.2 Å². The molecule has 22 heteroatoms. The van der Waals surface area contributed by atoms with Crippen molar-refractivity contribution in [2.24, 2.45) is 0 Å². The first kappa shape index (κ1) is 94.6. The van der Waals surface area contributed by atoms with Crippen molar-refractivity contribution in [2.75, 3.05) is 39.6 Å². The Morgan fingerprint density at radius 3 is 0.965 bits per heavy atom. The molecule has 13 aromatic carbocycles. The van der Waals surface area contributed by atoms with E-state index in [0.29, 0.717) is 97.6 Å². The van der Waals surface area contributed by atoms with E-state index >= 15 is 0 Å². The Labute approximate surface area is 723 Å². The van der Waals surface area contributed by atoms with Crippen LogP contribution in [0, 0.1) is 47.6 Å². The molecule has 0 aliphatic carbocycles. The van der Waals surface area contributed by atoms with Crippen molar-refractivity contribution in [3.05, 3.63) is 370 Å². The summed E-state index contributed by atoms with van der Waals surface area (Å²) in [5.74, 6) is 6.95. The minimum absolute atomic E-state index is 0. The minimum Gasteiger partial charge on any atom is -1.00 e. The molecular weight excluding hydrogens is 1730 g/mol. The molecule has 0 amide bonds. The van der Waals surface area contributed by atoms with Gasteiger partial charge in [-0.05, 0) is 220 Å². The maximum absolute atomic E-state index is 13.9. The van der Waals surface area contributed by atoms with E-state index in [-0.39, 0.29) is 54.0 Å². The Bertz CT molecular complexity index is 4860. The molecule has 2 atom stereocenters. The van der Waals surface area contributed by atoms with E-state index in [0.717, 1.165) is 81.8 Å². The van der Waals surface area contributed by atoms with Gasteiger partial charge in [0, 0.05) is 45.6 Å². The summed E-state index contributed by atoms with van der Waals surface area (Å²) >= 11 is 6.83. The molecule has 2 N–H and O–H groups in total. The van der Waals surface area contributed by atoms with Crippen molar-refractivity contribution in [1.29, 1.82) is 0 Å². The van der Waals surface area contributed by atoms with Crippen molar-refractivity contribution in [2.45, 2.75) is 60.8 Å². The second kappa shape index (κ2) is 51.7. The van der Waals surface area contributed by atoms with Crippen LogP contribution in [0.3, 0.4) is 0 Å². The third-order valence-electron chi connectivity index (χ3n) is 15.9. The molecule has 0 aliphatic heterocycles. The van der Waals surface area contributed by atoms with E-state index in [9.17, 15) is 18.3 Å². The maximum Gasteiger partial charge on any atom is 2.00 e. The smallest absolute Gasteiger partial charge is 1.00 e. The molecule has 13 aromatic rings. The average molecular weight is 1820 g/mol. The summed E-state index contributed by atoms with van der Waals surface area (Å²) in [5.41, 5.74) is 6.98. The zero-order valence-corrected chi connectivity index (χ0v) is 74.7. The molecule has 0 spiro atoms. The molecule has 13 rings (SSSR count). The summed E-state index contributed by atoms with van der Waals surface area (Å²) in [6.07, 6.45) is 2.15. The fraction of sp³-hybridized carbons (Fsp3) is 0.161. The number of hydrogen-bond acceptors (Lipinski definition) is 13. The van der Waals surface area contributed by atoms with Gasteiger partial charge in [0.05, 0.1) is 44.9 Å². The molecule has 588 valence electrons. The van der Waals surface area contributed by atoms with Gasteiger partial charge in [-0.3, -0.25) is 4.57 Å². The van der Waals surface area contributed by atoms with Crippen LogP contribution in [0.5, 0.6) is 57.5 Å². The van der Waals surface area contributed by atoms with Crippen LogP contribution in [-0.2, 0) is 18.3 Å². The summed E-state index contributed by atoms with van der Waals surface area (Å²) in [4.78, 5) is 0. The van der Waals surface area contributed by atoms with Crippen LogP contribution in [0.1, 0.15) is 52.6 Å². The second-order valence-electron chi connectivity index (χ2n) is 25.5. The molecule has 0 saturated carbocycles. The van der Waals surface area contributed by atoms with Crippen molar-refractivity contribution in [1.82, 2.24) is 0 Å². The van der Waals surface area contributed by atoms with Gasteiger partial charge >= 0.3 is 46.3 Å². The largest absolute Gasteiger partial charge is 2.00 e. The van der Waals surface area contributed by atoms with Gasteiger partial charge in [-0.1, -0.05) is 176 Å². The van der Waals surface area contributed by atoms with Crippen LogP contribution in [0.4, 0.5) is 0 Å². The van der Waals surface area contributed by atoms with Crippen LogP contribution in [-0.4, -0.2) is 68.2 Å². The molecule has 2 unspecified atom stereocenters. The Morgan fingerprint density at radius 2 is 0.626 bits per heavy atom. The van der Waals surface area contributed by atoms with Gasteiger partial charge in [0.2, 0.25) is 0 Å². The standard InChI is InChI=1S/C31H32O4P2.C27H24O6P2.C15H14Br2O2.C12H10O.C8H9.BrH.Mg.H2O/c1-22-14-23(2)17-30(16-22)36(32)28-10-5-8-26(20-28)34-12-7-13-35-27-9-6-11-29(21-27)37(33)31-18-24(3)15-25(4)19-31;28-34-26-16-7-14-24(20-26)30-18-9-19-31-25-15-8-17-27(21-25)35(29,32-22-10-3-1-4-11-22)33-23-12-5-2-6-13-23;16-12-4-1-6-14(10-12)18-8-3-9-19-15-7-2-5-13(17)11-15;1-3-7-11(8-4-1)13-12-9-5-2-6-10-12;1-7-4-3-5-8(2)6-7;;;/h5-6,8-11,14-21H,7,12-13H2,1-4H3;1-8,10-17,20-21H,9,18-19H2;1-2,4-7,10-11H,3,8-9H2;1-10H;4-6H,1-2H3;1H;;1H2/q+2;;;;-1;;+2;/p-1. The summed E-state index contributed by atoms with van der Waals surface area (Å²) in [6, 6.07) is 103. The van der Waals surface area contributed by atoms with Gasteiger partial charge in [-0.15, -0.1) is 0 Å². The molecule has 115 heavy (non-hydrogen) atoms. The van der Waals surface area contributed by atoms with Crippen LogP contribution in [0.25, 0.3) is 0 Å². The Balaban J connectivity index is 0.000000241. The third kappa shape index (κ3) is 34.6. The van der Waals surface area contributed by atoms with Crippen molar-refractivity contribution in [3.8, 4) is 57.5 Å². The van der Waals surface area contributed by atoms with Gasteiger partial charge in [-0.2, -0.15) is 35.4 Å². The fourth-order valence-electron chi connectivity index (χ4n) is 10.9.